The van der Waals surface area contributed by atoms with Crippen molar-refractivity contribution < 1.29 is 14.0 Å². The van der Waals surface area contributed by atoms with Crippen LogP contribution in [0.3, 0.4) is 0 Å². The van der Waals surface area contributed by atoms with E-state index in [1.807, 2.05) is 19.9 Å². The van der Waals surface area contributed by atoms with E-state index in [0.29, 0.717) is 22.2 Å². The number of nitrogens with zero attached hydrogens (tertiary/aromatic N) is 2. The molecule has 0 saturated heterocycles. The summed E-state index contributed by atoms with van der Waals surface area (Å²) in [4.78, 5) is 41.9. The lowest BCUT2D eigenvalue weighted by Gasteiger charge is -2.16. The van der Waals surface area contributed by atoms with Crippen LogP contribution in [0, 0.1) is 12.7 Å². The van der Waals surface area contributed by atoms with E-state index >= 15 is 0 Å². The highest BCUT2D eigenvalue weighted by Crippen LogP contribution is 2.17. The summed E-state index contributed by atoms with van der Waals surface area (Å²) in [5.41, 5.74) is 3.01. The maximum absolute atomic E-state index is 13.0. The van der Waals surface area contributed by atoms with Crippen LogP contribution in [0.5, 0.6) is 0 Å². The Morgan fingerprint density at radius 1 is 1.03 bits per heavy atom. The minimum atomic E-state index is -0.409. The maximum atomic E-state index is 13.0. The number of amides is 2. The van der Waals surface area contributed by atoms with E-state index in [0.717, 1.165) is 11.1 Å². The van der Waals surface area contributed by atoms with E-state index in [9.17, 15) is 18.8 Å². The molecule has 2 N–H and O–H groups in total. The molecule has 0 saturated carbocycles. The Kier molecular flexibility index (Phi) is 6.49. The van der Waals surface area contributed by atoms with Gasteiger partial charge in [-0.1, -0.05) is 24.3 Å². The van der Waals surface area contributed by atoms with Crippen LogP contribution in [0.4, 0.5) is 10.1 Å². The Balaban J connectivity index is 1.38. The smallest absolute Gasteiger partial charge is 0.261 e. The SMILES string of the molecule is Cc1cccc2c(=O)n(CC(=O)NC(C)c3ccc(NC(=O)c4ccc(F)cc4)cc3)cnc12. The Morgan fingerprint density at radius 2 is 1.74 bits per heavy atom. The molecule has 8 heteroatoms. The largest absolute Gasteiger partial charge is 0.348 e. The summed E-state index contributed by atoms with van der Waals surface area (Å²) >= 11 is 0. The van der Waals surface area contributed by atoms with Crippen molar-refractivity contribution in [2.75, 3.05) is 5.32 Å². The van der Waals surface area contributed by atoms with Gasteiger partial charge in [-0.15, -0.1) is 0 Å². The maximum Gasteiger partial charge on any atom is 0.261 e. The number of carbonyl (C=O) groups excluding carboxylic acids is 2. The van der Waals surface area contributed by atoms with E-state index in [2.05, 4.69) is 15.6 Å². The fourth-order valence-electron chi connectivity index (χ4n) is 3.63. The second-order valence-electron chi connectivity index (χ2n) is 8.02. The molecule has 1 aromatic heterocycles. The van der Waals surface area contributed by atoms with Gasteiger partial charge in [-0.05, 0) is 67.4 Å². The van der Waals surface area contributed by atoms with Crippen molar-refractivity contribution >= 4 is 28.4 Å². The van der Waals surface area contributed by atoms with Gasteiger partial charge in [0.1, 0.15) is 12.4 Å². The lowest BCUT2D eigenvalue weighted by molar-refractivity contribution is -0.122. The average Bonchev–Trinajstić information content (AvgIpc) is 2.82. The first kappa shape index (κ1) is 22.8. The number of hydrogen-bond acceptors (Lipinski definition) is 4. The second kappa shape index (κ2) is 9.66. The van der Waals surface area contributed by atoms with Gasteiger partial charge in [0.2, 0.25) is 5.91 Å². The summed E-state index contributed by atoms with van der Waals surface area (Å²) in [7, 11) is 0. The van der Waals surface area contributed by atoms with Crippen LogP contribution in [0.15, 0.2) is 77.9 Å². The number of para-hydroxylation sites is 1. The lowest BCUT2D eigenvalue weighted by Crippen LogP contribution is -2.34. The predicted octanol–water partition coefficient (Wildman–Crippen LogP) is 3.97. The molecule has 3 aromatic carbocycles. The highest BCUT2D eigenvalue weighted by atomic mass is 19.1. The van der Waals surface area contributed by atoms with Crippen molar-refractivity contribution in [2.45, 2.75) is 26.4 Å². The number of halogens is 1. The van der Waals surface area contributed by atoms with Gasteiger partial charge in [-0.3, -0.25) is 19.0 Å². The molecule has 2 amide bonds. The number of nitrogens with one attached hydrogen (secondary N) is 2. The Morgan fingerprint density at radius 3 is 2.44 bits per heavy atom. The lowest BCUT2D eigenvalue weighted by atomic mass is 10.1. The number of anilines is 1. The third kappa shape index (κ3) is 5.01. The molecule has 1 heterocycles. The summed E-state index contributed by atoms with van der Waals surface area (Å²) in [6.45, 7) is 3.56. The highest BCUT2D eigenvalue weighted by Gasteiger charge is 2.13. The van der Waals surface area contributed by atoms with Crippen molar-refractivity contribution in [1.82, 2.24) is 14.9 Å². The normalized spacial score (nSPS) is 11.7. The summed E-state index contributed by atoms with van der Waals surface area (Å²) in [5, 5.41) is 6.10. The van der Waals surface area contributed by atoms with E-state index in [1.165, 1.54) is 35.2 Å². The molecular formula is C26H23FN4O3. The molecule has 1 unspecified atom stereocenters. The molecule has 0 aliphatic carbocycles. The molecule has 172 valence electrons. The van der Waals surface area contributed by atoms with Crippen molar-refractivity contribution in [2.24, 2.45) is 0 Å². The summed E-state index contributed by atoms with van der Waals surface area (Å²) < 4.78 is 14.3. The predicted molar refractivity (Wildman–Crippen MR) is 128 cm³/mol. The monoisotopic (exact) mass is 458 g/mol. The van der Waals surface area contributed by atoms with Crippen LogP contribution >= 0.6 is 0 Å². The van der Waals surface area contributed by atoms with Crippen LogP contribution in [-0.4, -0.2) is 21.4 Å². The van der Waals surface area contributed by atoms with Gasteiger partial charge in [0, 0.05) is 11.3 Å². The van der Waals surface area contributed by atoms with Gasteiger partial charge in [0.25, 0.3) is 11.5 Å². The molecule has 0 radical (unpaired) electrons. The molecule has 0 aliphatic rings. The topological polar surface area (TPSA) is 93.1 Å². The number of aromatic nitrogens is 2. The molecule has 34 heavy (non-hydrogen) atoms. The number of fused-ring (bicyclic) bond motifs is 1. The summed E-state index contributed by atoms with van der Waals surface area (Å²) in [5.74, 6) is -1.08. The number of carbonyl (C=O) groups is 2. The third-order valence-electron chi connectivity index (χ3n) is 5.52. The molecule has 0 bridgehead atoms. The number of rotatable bonds is 6. The molecule has 0 fully saturated rings. The molecule has 0 spiro atoms. The molecule has 1 atom stereocenters. The quantitative estimate of drug-likeness (QED) is 0.457. The Hall–Kier alpha value is -4.33. The first-order valence-electron chi connectivity index (χ1n) is 10.7. The van der Waals surface area contributed by atoms with Crippen molar-refractivity contribution in [3.05, 3.63) is 106 Å². The molecule has 4 rings (SSSR count). The van der Waals surface area contributed by atoms with Crippen molar-refractivity contribution in [3.8, 4) is 0 Å². The fourth-order valence-corrected chi connectivity index (χ4v) is 3.63. The minimum Gasteiger partial charge on any atom is -0.348 e. The molecule has 7 nitrogen and oxygen atoms in total. The van der Waals surface area contributed by atoms with Gasteiger partial charge in [0.05, 0.1) is 23.3 Å². The van der Waals surface area contributed by atoms with Gasteiger partial charge >= 0.3 is 0 Å². The first-order chi connectivity index (χ1) is 16.3. The molecule has 0 aliphatic heterocycles. The zero-order valence-corrected chi connectivity index (χ0v) is 18.7. The third-order valence-corrected chi connectivity index (χ3v) is 5.52. The van der Waals surface area contributed by atoms with Gasteiger partial charge in [-0.2, -0.15) is 0 Å². The van der Waals surface area contributed by atoms with Crippen LogP contribution in [0.25, 0.3) is 10.9 Å². The van der Waals surface area contributed by atoms with Crippen molar-refractivity contribution in [1.29, 1.82) is 0 Å². The zero-order valence-electron chi connectivity index (χ0n) is 18.7. The standard InChI is InChI=1S/C26H23FN4O3/c1-16-4-3-5-22-24(16)28-15-31(26(22)34)14-23(32)29-17(2)18-8-12-21(13-9-18)30-25(33)19-6-10-20(27)11-7-19/h3-13,15,17H,14H2,1-2H3,(H,29,32)(H,30,33). The second-order valence-corrected chi connectivity index (χ2v) is 8.02. The average molecular weight is 458 g/mol. The Bertz CT molecular complexity index is 1410. The first-order valence-corrected chi connectivity index (χ1v) is 10.7. The fraction of sp³-hybridized carbons (Fsp3) is 0.154. The highest BCUT2D eigenvalue weighted by molar-refractivity contribution is 6.04. The number of benzene rings is 3. The van der Waals surface area contributed by atoms with Gasteiger partial charge < -0.3 is 10.6 Å². The minimum absolute atomic E-state index is 0.147. The van der Waals surface area contributed by atoms with Crippen LogP contribution < -0.4 is 16.2 Å². The van der Waals surface area contributed by atoms with E-state index in [1.54, 1.807) is 36.4 Å². The van der Waals surface area contributed by atoms with Crippen LogP contribution in [0.2, 0.25) is 0 Å². The van der Waals surface area contributed by atoms with Crippen LogP contribution in [0.1, 0.15) is 34.5 Å². The van der Waals surface area contributed by atoms with Crippen molar-refractivity contribution in [3.63, 3.8) is 0 Å². The van der Waals surface area contributed by atoms with Crippen LogP contribution in [-0.2, 0) is 11.3 Å². The zero-order chi connectivity index (χ0) is 24.2. The summed E-state index contributed by atoms with van der Waals surface area (Å²) in [6, 6.07) is 17.4. The number of hydrogen-bond donors (Lipinski definition) is 2. The molecule has 4 aromatic rings. The van der Waals surface area contributed by atoms with E-state index < -0.39 is 5.82 Å². The summed E-state index contributed by atoms with van der Waals surface area (Å²) in [6.07, 6.45) is 1.39. The van der Waals surface area contributed by atoms with Gasteiger partial charge in [-0.25, -0.2) is 9.37 Å². The van der Waals surface area contributed by atoms with E-state index in [-0.39, 0.29) is 30.0 Å². The van der Waals surface area contributed by atoms with E-state index in [4.69, 9.17) is 0 Å². The Labute approximate surface area is 195 Å². The van der Waals surface area contributed by atoms with Gasteiger partial charge in [0.15, 0.2) is 0 Å². The molecular weight excluding hydrogens is 435 g/mol. The number of aryl methyl sites for hydroxylation is 1.